The molecular weight excluding hydrogens is 548 g/mol. The summed E-state index contributed by atoms with van der Waals surface area (Å²) in [5.41, 5.74) is 9.73. The normalized spacial score (nSPS) is 16.9. The van der Waals surface area contributed by atoms with Gasteiger partial charge in [0, 0.05) is 23.4 Å². The second kappa shape index (κ2) is 11.7. The molecule has 1 aromatic heterocycles. The van der Waals surface area contributed by atoms with E-state index in [0.717, 1.165) is 0 Å². The van der Waals surface area contributed by atoms with E-state index in [0.29, 0.717) is 56.8 Å². The van der Waals surface area contributed by atoms with Gasteiger partial charge in [-0.1, -0.05) is 53.4 Å². The van der Waals surface area contributed by atoms with E-state index >= 15 is 0 Å². The van der Waals surface area contributed by atoms with Gasteiger partial charge in [0.25, 0.3) is 0 Å². The number of carbonyl (C=O) groups excluding carboxylic acids is 3. The SMILES string of the molecule is COC(=O)c1ccc(C2C(C#N)=C(N)N(c3nnc(SCC(=O)Nc4ccccc4)s3)C3=C2C(=O)CCC3)cc1. The second-order valence-corrected chi connectivity index (χ2v) is 11.2. The van der Waals surface area contributed by atoms with Gasteiger partial charge in [0.05, 0.1) is 36.0 Å². The summed E-state index contributed by atoms with van der Waals surface area (Å²) in [5, 5.41) is 21.9. The van der Waals surface area contributed by atoms with Crippen LogP contribution in [-0.4, -0.2) is 40.7 Å². The first-order valence-corrected chi connectivity index (χ1v) is 14.2. The summed E-state index contributed by atoms with van der Waals surface area (Å²) in [4.78, 5) is 39.2. The molecule has 2 aromatic carbocycles. The third-order valence-corrected chi connectivity index (χ3v) is 8.59. The van der Waals surface area contributed by atoms with Crippen molar-refractivity contribution in [3.63, 3.8) is 0 Å². The lowest BCUT2D eigenvalue weighted by Crippen LogP contribution is -2.38. The van der Waals surface area contributed by atoms with Crippen molar-refractivity contribution in [2.75, 3.05) is 23.1 Å². The summed E-state index contributed by atoms with van der Waals surface area (Å²) in [6.45, 7) is 0. The number of Topliss-reactive ketones (excluding diaryl/α,β-unsaturated/α-hetero) is 1. The van der Waals surface area contributed by atoms with Gasteiger partial charge >= 0.3 is 5.97 Å². The van der Waals surface area contributed by atoms with Gasteiger partial charge in [-0.15, -0.1) is 10.2 Å². The number of ketones is 1. The predicted octanol–water partition coefficient (Wildman–Crippen LogP) is 4.36. The highest BCUT2D eigenvalue weighted by Gasteiger charge is 2.41. The molecule has 0 radical (unpaired) electrons. The number of hydrogen-bond donors (Lipinski definition) is 2. The number of carbonyl (C=O) groups is 3. The molecule has 5 rings (SSSR count). The van der Waals surface area contributed by atoms with Crippen molar-refractivity contribution in [2.24, 2.45) is 5.73 Å². The van der Waals surface area contributed by atoms with Crippen molar-refractivity contribution in [1.82, 2.24) is 10.2 Å². The number of para-hydroxylation sites is 1. The van der Waals surface area contributed by atoms with Crippen LogP contribution in [0.1, 0.15) is 41.1 Å². The molecule has 202 valence electrons. The van der Waals surface area contributed by atoms with E-state index in [1.165, 1.54) is 30.2 Å². The number of rotatable bonds is 7. The van der Waals surface area contributed by atoms with Gasteiger partial charge in [-0.2, -0.15) is 5.26 Å². The Morgan fingerprint density at radius 3 is 2.62 bits per heavy atom. The van der Waals surface area contributed by atoms with E-state index in [-0.39, 0.29) is 28.8 Å². The van der Waals surface area contributed by atoms with Gasteiger partial charge < -0.3 is 15.8 Å². The van der Waals surface area contributed by atoms with Gasteiger partial charge in [0.2, 0.25) is 11.0 Å². The Hall–Kier alpha value is -4.47. The highest BCUT2D eigenvalue weighted by atomic mass is 32.2. The van der Waals surface area contributed by atoms with Crippen LogP contribution in [0.25, 0.3) is 0 Å². The second-order valence-electron chi connectivity index (χ2n) is 8.98. The minimum Gasteiger partial charge on any atom is -0.465 e. The number of benzene rings is 2. The van der Waals surface area contributed by atoms with E-state index in [1.54, 1.807) is 41.3 Å². The number of nitrogens with two attached hydrogens (primary N) is 1. The number of esters is 1. The lowest BCUT2D eigenvalue weighted by molar-refractivity contribution is -0.116. The number of nitrogens with zero attached hydrogens (tertiary/aromatic N) is 4. The Morgan fingerprint density at radius 1 is 1.18 bits per heavy atom. The molecule has 0 bridgehead atoms. The smallest absolute Gasteiger partial charge is 0.337 e. The van der Waals surface area contributed by atoms with Crippen LogP contribution in [0.4, 0.5) is 10.8 Å². The largest absolute Gasteiger partial charge is 0.465 e. The zero-order valence-electron chi connectivity index (χ0n) is 21.4. The minimum atomic E-state index is -0.667. The first-order valence-electron chi connectivity index (χ1n) is 12.4. The number of amides is 1. The van der Waals surface area contributed by atoms with Gasteiger partial charge in [-0.05, 0) is 42.7 Å². The molecule has 1 atom stereocenters. The minimum absolute atomic E-state index is 0.0646. The molecule has 0 saturated heterocycles. The number of aromatic nitrogens is 2. The van der Waals surface area contributed by atoms with Crippen LogP contribution >= 0.6 is 23.1 Å². The van der Waals surface area contributed by atoms with Crippen LogP contribution in [0.15, 0.2) is 81.6 Å². The van der Waals surface area contributed by atoms with Crippen LogP contribution in [0, 0.1) is 11.3 Å². The summed E-state index contributed by atoms with van der Waals surface area (Å²) in [6.07, 6.45) is 1.56. The van der Waals surface area contributed by atoms with Crippen LogP contribution in [0.3, 0.4) is 0 Å². The van der Waals surface area contributed by atoms with Crippen LogP contribution < -0.4 is 16.0 Å². The van der Waals surface area contributed by atoms with Crippen molar-refractivity contribution in [1.29, 1.82) is 5.26 Å². The molecule has 1 aliphatic heterocycles. The van der Waals surface area contributed by atoms with Crippen molar-refractivity contribution >= 4 is 51.6 Å². The number of nitriles is 1. The standard InChI is InChI=1S/C28H24N6O4S2/c1-38-26(37)17-12-10-16(11-13-17)23-19(14-29)25(30)34(20-8-5-9-21(35)24(20)23)27-32-33-28(40-27)39-15-22(36)31-18-6-3-2-4-7-18/h2-4,6-7,10-13,23H,5,8-9,15,30H2,1H3,(H,31,36). The number of ether oxygens (including phenoxy) is 1. The molecule has 10 nitrogen and oxygen atoms in total. The molecule has 0 saturated carbocycles. The number of thioether (sulfide) groups is 1. The van der Waals surface area contributed by atoms with Gasteiger partial charge in [-0.25, -0.2) is 4.79 Å². The molecule has 1 amide bonds. The maximum atomic E-state index is 13.3. The summed E-state index contributed by atoms with van der Waals surface area (Å²) >= 11 is 2.47. The van der Waals surface area contributed by atoms with Crippen LogP contribution in [-0.2, 0) is 14.3 Å². The molecule has 2 heterocycles. The predicted molar refractivity (Wildman–Crippen MR) is 151 cm³/mol. The fourth-order valence-electron chi connectivity index (χ4n) is 4.76. The lowest BCUT2D eigenvalue weighted by Gasteiger charge is -2.38. The number of allylic oxidation sites excluding steroid dienone is 3. The zero-order chi connectivity index (χ0) is 28.2. The summed E-state index contributed by atoms with van der Waals surface area (Å²) in [7, 11) is 1.30. The van der Waals surface area contributed by atoms with Gasteiger partial charge in [0.15, 0.2) is 10.1 Å². The number of methoxy groups -OCH3 is 1. The van der Waals surface area contributed by atoms with E-state index < -0.39 is 11.9 Å². The Morgan fingerprint density at radius 2 is 1.93 bits per heavy atom. The van der Waals surface area contributed by atoms with Gasteiger partial charge in [0.1, 0.15) is 5.82 Å². The molecule has 3 N–H and O–H groups in total. The van der Waals surface area contributed by atoms with Crippen molar-refractivity contribution in [2.45, 2.75) is 29.5 Å². The highest BCUT2D eigenvalue weighted by molar-refractivity contribution is 8.01. The van der Waals surface area contributed by atoms with E-state index in [2.05, 4.69) is 21.6 Å². The molecule has 12 heteroatoms. The van der Waals surface area contributed by atoms with E-state index in [4.69, 9.17) is 10.5 Å². The highest BCUT2D eigenvalue weighted by Crippen LogP contribution is 2.47. The first-order chi connectivity index (χ1) is 19.4. The fourth-order valence-corrected chi connectivity index (χ4v) is 6.45. The Kier molecular flexibility index (Phi) is 7.95. The Balaban J connectivity index is 1.43. The van der Waals surface area contributed by atoms with E-state index in [9.17, 15) is 19.6 Å². The number of hydrogen-bond acceptors (Lipinski definition) is 11. The van der Waals surface area contributed by atoms with E-state index in [1.807, 2.05) is 18.2 Å². The average Bonchev–Trinajstić information content (AvgIpc) is 3.44. The molecule has 3 aromatic rings. The van der Waals surface area contributed by atoms with Crippen molar-refractivity contribution in [3.8, 4) is 6.07 Å². The topological polar surface area (TPSA) is 151 Å². The van der Waals surface area contributed by atoms with Crippen LogP contribution in [0.5, 0.6) is 0 Å². The van der Waals surface area contributed by atoms with Crippen molar-refractivity contribution in [3.05, 3.63) is 88.4 Å². The molecule has 0 spiro atoms. The monoisotopic (exact) mass is 572 g/mol. The molecule has 2 aliphatic rings. The Labute approximate surface area is 238 Å². The molecule has 1 aliphatic carbocycles. The molecule has 40 heavy (non-hydrogen) atoms. The third-order valence-electron chi connectivity index (χ3n) is 6.55. The van der Waals surface area contributed by atoms with Crippen LogP contribution in [0.2, 0.25) is 0 Å². The molecule has 1 unspecified atom stereocenters. The third kappa shape index (κ3) is 5.34. The maximum Gasteiger partial charge on any atom is 0.337 e. The van der Waals surface area contributed by atoms with Gasteiger partial charge in [-0.3, -0.25) is 14.5 Å². The fraction of sp³-hybridized carbons (Fsp3) is 0.214. The molecular formula is C28H24N6O4S2. The zero-order valence-corrected chi connectivity index (χ0v) is 23.1. The number of nitrogens with one attached hydrogen (secondary N) is 1. The van der Waals surface area contributed by atoms with Crippen molar-refractivity contribution < 1.29 is 19.1 Å². The first kappa shape index (κ1) is 27.1. The summed E-state index contributed by atoms with van der Waals surface area (Å²) in [6, 6.07) is 18.0. The quantitative estimate of drug-likeness (QED) is 0.309. The summed E-state index contributed by atoms with van der Waals surface area (Å²) in [5.74, 6) is -1.08. The Bertz CT molecular complexity index is 1570. The number of anilines is 2. The maximum absolute atomic E-state index is 13.3. The lowest BCUT2D eigenvalue weighted by atomic mass is 9.75. The summed E-state index contributed by atoms with van der Waals surface area (Å²) < 4.78 is 5.33. The average molecular weight is 573 g/mol. The molecule has 0 fully saturated rings.